The molecule has 2 aromatic heterocycles. The van der Waals surface area contributed by atoms with Crippen LogP contribution in [-0.4, -0.2) is 10.5 Å². The van der Waals surface area contributed by atoms with Gasteiger partial charge in [0.15, 0.2) is 5.58 Å². The van der Waals surface area contributed by atoms with Gasteiger partial charge in [-0.05, 0) is 41.3 Å². The summed E-state index contributed by atoms with van der Waals surface area (Å²) in [7, 11) is 0. The zero-order chi connectivity index (χ0) is 19.7. The Labute approximate surface area is 162 Å². The number of nitrogens with one attached hydrogen (secondary N) is 1. The number of anilines is 1. The van der Waals surface area contributed by atoms with Crippen LogP contribution < -0.4 is 5.32 Å². The summed E-state index contributed by atoms with van der Waals surface area (Å²) in [6, 6.07) is 17.7. The number of carbonyl (C=O) groups is 1. The van der Waals surface area contributed by atoms with Crippen molar-refractivity contribution >= 4 is 22.7 Å². The molecule has 5 heteroatoms. The fourth-order valence-corrected chi connectivity index (χ4v) is 3.30. The van der Waals surface area contributed by atoms with E-state index in [1.807, 2.05) is 41.0 Å². The summed E-state index contributed by atoms with van der Waals surface area (Å²) in [6.07, 6.45) is 1.58. The first-order valence-corrected chi connectivity index (χ1v) is 9.24. The number of hydrogen-bond donors (Lipinski definition) is 1. The van der Waals surface area contributed by atoms with E-state index in [4.69, 9.17) is 4.42 Å². The van der Waals surface area contributed by atoms with E-state index in [9.17, 15) is 9.18 Å². The van der Waals surface area contributed by atoms with Crippen LogP contribution in [0, 0.1) is 5.82 Å². The first-order chi connectivity index (χ1) is 13.5. The van der Waals surface area contributed by atoms with E-state index >= 15 is 0 Å². The molecule has 0 radical (unpaired) electrons. The molecule has 0 aliphatic carbocycles. The number of furan rings is 1. The quantitative estimate of drug-likeness (QED) is 0.479. The van der Waals surface area contributed by atoms with Gasteiger partial charge in [0.05, 0.1) is 11.8 Å². The van der Waals surface area contributed by atoms with Crippen molar-refractivity contribution in [1.29, 1.82) is 0 Å². The Kier molecular flexibility index (Phi) is 4.74. The largest absolute Gasteiger partial charge is 0.463 e. The number of amides is 1. The molecular weight excluding hydrogens is 355 g/mol. The predicted octanol–water partition coefficient (Wildman–Crippen LogP) is 5.80. The van der Waals surface area contributed by atoms with Crippen LogP contribution in [0.2, 0.25) is 0 Å². The Morgan fingerprint density at radius 3 is 2.61 bits per heavy atom. The van der Waals surface area contributed by atoms with Crippen LogP contribution in [0.5, 0.6) is 0 Å². The molecule has 0 bridgehead atoms. The van der Waals surface area contributed by atoms with Crippen molar-refractivity contribution in [1.82, 2.24) is 4.57 Å². The number of halogens is 1. The Bertz CT molecular complexity index is 1120. The van der Waals surface area contributed by atoms with Crippen molar-refractivity contribution in [3.8, 4) is 0 Å². The van der Waals surface area contributed by atoms with Gasteiger partial charge >= 0.3 is 0 Å². The van der Waals surface area contributed by atoms with Crippen LogP contribution in [0.4, 0.5) is 10.1 Å². The number of fused-ring (bicyclic) bond motifs is 1. The van der Waals surface area contributed by atoms with E-state index < -0.39 is 0 Å². The Hall–Kier alpha value is -3.34. The summed E-state index contributed by atoms with van der Waals surface area (Å²) in [4.78, 5) is 12.9. The lowest BCUT2D eigenvalue weighted by Gasteiger charge is -2.12. The minimum absolute atomic E-state index is 0.236. The van der Waals surface area contributed by atoms with E-state index in [2.05, 4.69) is 19.2 Å². The molecular formula is C23H21FN2O2. The smallest absolute Gasteiger partial charge is 0.272 e. The molecule has 0 saturated carbocycles. The van der Waals surface area contributed by atoms with Crippen LogP contribution in [0.1, 0.15) is 41.4 Å². The molecule has 0 spiro atoms. The van der Waals surface area contributed by atoms with Crippen LogP contribution >= 0.6 is 0 Å². The summed E-state index contributed by atoms with van der Waals surface area (Å²) < 4.78 is 20.9. The van der Waals surface area contributed by atoms with Gasteiger partial charge in [-0.1, -0.05) is 38.1 Å². The van der Waals surface area contributed by atoms with Gasteiger partial charge in [0.1, 0.15) is 11.5 Å². The first kappa shape index (κ1) is 18.0. The van der Waals surface area contributed by atoms with Crippen LogP contribution in [0.25, 0.3) is 11.1 Å². The molecule has 0 aliphatic heterocycles. The van der Waals surface area contributed by atoms with Crippen molar-refractivity contribution in [2.75, 3.05) is 5.32 Å². The van der Waals surface area contributed by atoms with Crippen LogP contribution in [0.15, 0.2) is 71.3 Å². The van der Waals surface area contributed by atoms with Gasteiger partial charge in [0.25, 0.3) is 5.91 Å². The van der Waals surface area contributed by atoms with Crippen LogP contribution in [-0.2, 0) is 6.54 Å². The number of aromatic nitrogens is 1. The lowest BCUT2D eigenvalue weighted by molar-refractivity contribution is 0.101. The number of carbonyl (C=O) groups excluding carboxylic acids is 1. The third kappa shape index (κ3) is 3.56. The van der Waals surface area contributed by atoms with Crippen LogP contribution in [0.3, 0.4) is 0 Å². The number of benzene rings is 2. The van der Waals surface area contributed by atoms with Gasteiger partial charge in [-0.15, -0.1) is 0 Å². The average Bonchev–Trinajstić information content (AvgIpc) is 3.25. The van der Waals surface area contributed by atoms with Gasteiger partial charge in [-0.25, -0.2) is 4.39 Å². The maximum absolute atomic E-state index is 13.6. The third-order valence-corrected chi connectivity index (χ3v) is 4.82. The lowest BCUT2D eigenvalue weighted by Crippen LogP contribution is -2.17. The van der Waals surface area contributed by atoms with E-state index in [-0.39, 0.29) is 11.7 Å². The van der Waals surface area contributed by atoms with E-state index in [1.54, 1.807) is 18.4 Å². The Morgan fingerprint density at radius 1 is 1.11 bits per heavy atom. The fourth-order valence-electron chi connectivity index (χ4n) is 3.30. The van der Waals surface area contributed by atoms with E-state index in [0.29, 0.717) is 23.7 Å². The van der Waals surface area contributed by atoms with Crippen molar-refractivity contribution in [2.24, 2.45) is 0 Å². The molecule has 0 atom stereocenters. The molecule has 1 N–H and O–H groups in total. The molecule has 142 valence electrons. The van der Waals surface area contributed by atoms with E-state index in [0.717, 1.165) is 16.8 Å². The normalized spacial score (nSPS) is 11.3. The maximum atomic E-state index is 13.6. The first-order valence-electron chi connectivity index (χ1n) is 9.24. The zero-order valence-electron chi connectivity index (χ0n) is 15.8. The molecule has 0 aliphatic rings. The molecule has 0 unspecified atom stereocenters. The SMILES string of the molecule is CC(C)c1ccc(NC(=O)c2cc3occc3n2Cc2cccc(F)c2)cc1. The van der Waals surface area contributed by atoms with E-state index in [1.165, 1.54) is 17.7 Å². The lowest BCUT2D eigenvalue weighted by atomic mass is 10.0. The van der Waals surface area contributed by atoms with Gasteiger partial charge in [0, 0.05) is 24.4 Å². The van der Waals surface area contributed by atoms with Crippen molar-refractivity contribution in [3.63, 3.8) is 0 Å². The Morgan fingerprint density at radius 2 is 1.89 bits per heavy atom. The molecule has 4 rings (SSSR count). The van der Waals surface area contributed by atoms with Crippen molar-refractivity contribution < 1.29 is 13.6 Å². The van der Waals surface area contributed by atoms with Gasteiger partial charge in [-0.3, -0.25) is 4.79 Å². The molecule has 4 aromatic rings. The minimum atomic E-state index is -0.302. The molecule has 4 nitrogen and oxygen atoms in total. The molecule has 2 heterocycles. The van der Waals surface area contributed by atoms with Crippen molar-refractivity contribution in [3.05, 3.63) is 89.6 Å². The molecule has 0 saturated heterocycles. The summed E-state index contributed by atoms with van der Waals surface area (Å²) >= 11 is 0. The topological polar surface area (TPSA) is 47.2 Å². The molecule has 2 aromatic carbocycles. The molecule has 28 heavy (non-hydrogen) atoms. The number of nitrogens with zero attached hydrogens (tertiary/aromatic N) is 1. The highest BCUT2D eigenvalue weighted by Gasteiger charge is 2.18. The number of rotatable bonds is 5. The summed E-state index contributed by atoms with van der Waals surface area (Å²) in [5.41, 5.74) is 4.59. The third-order valence-electron chi connectivity index (χ3n) is 4.82. The molecule has 1 amide bonds. The summed E-state index contributed by atoms with van der Waals surface area (Å²) in [5.74, 6) is -0.107. The maximum Gasteiger partial charge on any atom is 0.272 e. The second kappa shape index (κ2) is 7.35. The minimum Gasteiger partial charge on any atom is -0.463 e. The monoisotopic (exact) mass is 376 g/mol. The van der Waals surface area contributed by atoms with Gasteiger partial charge < -0.3 is 14.3 Å². The van der Waals surface area contributed by atoms with Gasteiger partial charge in [-0.2, -0.15) is 0 Å². The highest BCUT2D eigenvalue weighted by molar-refractivity contribution is 6.05. The summed E-state index contributed by atoms with van der Waals surface area (Å²) in [5, 5.41) is 2.94. The molecule has 0 fully saturated rings. The standard InChI is InChI=1S/C23H21FN2O2/c1-15(2)17-6-8-19(9-7-17)25-23(27)21-13-22-20(10-11-28-22)26(21)14-16-4-3-5-18(24)12-16/h3-13,15H,14H2,1-2H3,(H,25,27). The summed E-state index contributed by atoms with van der Waals surface area (Å²) in [6.45, 7) is 4.62. The van der Waals surface area contributed by atoms with Crippen molar-refractivity contribution in [2.45, 2.75) is 26.3 Å². The zero-order valence-corrected chi connectivity index (χ0v) is 15.8. The number of hydrogen-bond acceptors (Lipinski definition) is 2. The average molecular weight is 376 g/mol. The van der Waals surface area contributed by atoms with Gasteiger partial charge in [0.2, 0.25) is 0 Å². The Balaban J connectivity index is 1.64. The fraction of sp³-hybridized carbons (Fsp3) is 0.174. The second-order valence-electron chi connectivity index (χ2n) is 7.15. The predicted molar refractivity (Wildman–Crippen MR) is 108 cm³/mol. The highest BCUT2D eigenvalue weighted by Crippen LogP contribution is 2.24. The second-order valence-corrected chi connectivity index (χ2v) is 7.15. The highest BCUT2D eigenvalue weighted by atomic mass is 19.1.